The fourth-order valence-electron chi connectivity index (χ4n) is 2.75. The zero-order valence-electron chi connectivity index (χ0n) is 13.2. The SMILES string of the molecule is Cc1ccccc1CNC(=O)N[C@@H](c1ccc(Cl)cc1)C1CC1. The van der Waals surface area contributed by atoms with Gasteiger partial charge in [-0.05, 0) is 54.5 Å². The molecule has 2 amide bonds. The first kappa shape index (κ1) is 15.9. The molecule has 0 heterocycles. The quantitative estimate of drug-likeness (QED) is 0.827. The van der Waals surface area contributed by atoms with E-state index in [0.717, 1.165) is 24.0 Å². The maximum Gasteiger partial charge on any atom is 0.315 e. The predicted molar refractivity (Wildman–Crippen MR) is 93.5 cm³/mol. The summed E-state index contributed by atoms with van der Waals surface area (Å²) in [4.78, 5) is 12.3. The summed E-state index contributed by atoms with van der Waals surface area (Å²) in [5.41, 5.74) is 3.43. The molecular formula is C19H21ClN2O. The van der Waals surface area contributed by atoms with Crippen molar-refractivity contribution < 1.29 is 4.79 Å². The van der Waals surface area contributed by atoms with Crippen LogP contribution in [0.5, 0.6) is 0 Å². The third-order valence-electron chi connectivity index (χ3n) is 4.31. The lowest BCUT2D eigenvalue weighted by Gasteiger charge is -2.19. The minimum atomic E-state index is -0.125. The van der Waals surface area contributed by atoms with E-state index in [9.17, 15) is 4.79 Å². The molecule has 1 saturated carbocycles. The monoisotopic (exact) mass is 328 g/mol. The van der Waals surface area contributed by atoms with E-state index in [0.29, 0.717) is 17.5 Å². The normalized spacial score (nSPS) is 15.0. The van der Waals surface area contributed by atoms with Crippen molar-refractivity contribution in [3.8, 4) is 0 Å². The van der Waals surface area contributed by atoms with Crippen LogP contribution in [0.4, 0.5) is 4.79 Å². The van der Waals surface area contributed by atoms with Crippen molar-refractivity contribution in [3.63, 3.8) is 0 Å². The Balaban J connectivity index is 1.61. The zero-order chi connectivity index (χ0) is 16.2. The van der Waals surface area contributed by atoms with Crippen LogP contribution < -0.4 is 10.6 Å². The first-order valence-electron chi connectivity index (χ1n) is 7.98. The molecule has 2 aromatic carbocycles. The summed E-state index contributed by atoms with van der Waals surface area (Å²) >= 11 is 5.95. The maximum absolute atomic E-state index is 12.3. The Hall–Kier alpha value is -2.00. The largest absolute Gasteiger partial charge is 0.334 e. The topological polar surface area (TPSA) is 41.1 Å². The minimum Gasteiger partial charge on any atom is -0.334 e. The Labute approximate surface area is 142 Å². The lowest BCUT2D eigenvalue weighted by molar-refractivity contribution is 0.235. The molecule has 0 radical (unpaired) electrons. The molecule has 0 aliphatic heterocycles. The maximum atomic E-state index is 12.3. The second-order valence-corrected chi connectivity index (χ2v) is 6.56. The van der Waals surface area contributed by atoms with Crippen LogP contribution in [0, 0.1) is 12.8 Å². The number of amides is 2. The van der Waals surface area contributed by atoms with Crippen molar-refractivity contribution >= 4 is 17.6 Å². The van der Waals surface area contributed by atoms with Gasteiger partial charge in [0, 0.05) is 11.6 Å². The summed E-state index contributed by atoms with van der Waals surface area (Å²) < 4.78 is 0. The third kappa shape index (κ3) is 4.26. The lowest BCUT2D eigenvalue weighted by atomic mass is 10.0. The van der Waals surface area contributed by atoms with Gasteiger partial charge in [-0.1, -0.05) is 48.0 Å². The van der Waals surface area contributed by atoms with Crippen LogP contribution in [0.3, 0.4) is 0 Å². The summed E-state index contributed by atoms with van der Waals surface area (Å²) in [7, 11) is 0. The van der Waals surface area contributed by atoms with Gasteiger partial charge in [0.2, 0.25) is 0 Å². The predicted octanol–water partition coefficient (Wildman–Crippen LogP) is 4.60. The van der Waals surface area contributed by atoms with Gasteiger partial charge < -0.3 is 10.6 Å². The van der Waals surface area contributed by atoms with Crippen LogP contribution in [-0.4, -0.2) is 6.03 Å². The first-order valence-corrected chi connectivity index (χ1v) is 8.35. The molecule has 1 aliphatic carbocycles. The van der Waals surface area contributed by atoms with Gasteiger partial charge in [-0.15, -0.1) is 0 Å². The van der Waals surface area contributed by atoms with E-state index in [1.54, 1.807) is 0 Å². The van der Waals surface area contributed by atoms with Crippen molar-refractivity contribution in [2.45, 2.75) is 32.4 Å². The van der Waals surface area contributed by atoms with E-state index >= 15 is 0 Å². The summed E-state index contributed by atoms with van der Waals surface area (Å²) in [6.45, 7) is 2.59. The van der Waals surface area contributed by atoms with Crippen molar-refractivity contribution in [1.82, 2.24) is 10.6 Å². The number of carbonyl (C=O) groups excluding carboxylic acids is 1. The van der Waals surface area contributed by atoms with E-state index in [1.165, 1.54) is 5.56 Å². The lowest BCUT2D eigenvalue weighted by Crippen LogP contribution is -2.38. The molecule has 3 nitrogen and oxygen atoms in total. The molecule has 1 aliphatic rings. The summed E-state index contributed by atoms with van der Waals surface area (Å²) in [5, 5.41) is 6.78. The van der Waals surface area contributed by atoms with Crippen LogP contribution in [0.1, 0.15) is 35.6 Å². The molecule has 4 heteroatoms. The summed E-state index contributed by atoms with van der Waals surface area (Å²) in [6.07, 6.45) is 2.32. The highest BCUT2D eigenvalue weighted by molar-refractivity contribution is 6.30. The van der Waals surface area contributed by atoms with E-state index in [-0.39, 0.29) is 12.1 Å². The molecule has 3 rings (SSSR count). The Morgan fingerprint density at radius 3 is 2.52 bits per heavy atom. The molecule has 2 N–H and O–H groups in total. The molecule has 0 bridgehead atoms. The van der Waals surface area contributed by atoms with Crippen molar-refractivity contribution in [3.05, 3.63) is 70.2 Å². The van der Waals surface area contributed by atoms with Gasteiger partial charge in [0.25, 0.3) is 0 Å². The number of benzene rings is 2. The van der Waals surface area contributed by atoms with Crippen LogP contribution in [0.15, 0.2) is 48.5 Å². The Bertz CT molecular complexity index is 680. The molecule has 2 aromatic rings. The molecule has 120 valence electrons. The van der Waals surface area contributed by atoms with Crippen molar-refractivity contribution in [2.24, 2.45) is 5.92 Å². The Morgan fingerprint density at radius 1 is 1.17 bits per heavy atom. The Kier molecular flexibility index (Phi) is 4.87. The van der Waals surface area contributed by atoms with Crippen LogP contribution >= 0.6 is 11.6 Å². The highest BCUT2D eigenvalue weighted by Crippen LogP contribution is 2.41. The number of rotatable bonds is 5. The average molecular weight is 329 g/mol. The fraction of sp³-hybridized carbons (Fsp3) is 0.316. The summed E-state index contributed by atoms with van der Waals surface area (Å²) in [6, 6.07) is 15.7. The number of nitrogens with one attached hydrogen (secondary N) is 2. The van der Waals surface area contributed by atoms with Crippen LogP contribution in [0.25, 0.3) is 0 Å². The number of urea groups is 1. The molecule has 0 aromatic heterocycles. The van der Waals surface area contributed by atoms with E-state index < -0.39 is 0 Å². The standard InChI is InChI=1S/C19H21ClN2O/c1-13-4-2-3-5-16(13)12-21-19(23)22-18(14-6-7-14)15-8-10-17(20)11-9-15/h2-5,8-11,14,18H,6-7,12H2,1H3,(H2,21,22,23)/t18-/m1/s1. The van der Waals surface area contributed by atoms with Gasteiger partial charge in [-0.3, -0.25) is 0 Å². The van der Waals surface area contributed by atoms with Crippen LogP contribution in [-0.2, 0) is 6.54 Å². The average Bonchev–Trinajstić information content (AvgIpc) is 3.38. The number of carbonyl (C=O) groups is 1. The van der Waals surface area contributed by atoms with Gasteiger partial charge in [0.05, 0.1) is 6.04 Å². The molecule has 1 fully saturated rings. The number of halogens is 1. The van der Waals surface area contributed by atoms with Gasteiger partial charge in [-0.25, -0.2) is 4.79 Å². The van der Waals surface area contributed by atoms with Gasteiger partial charge in [0.1, 0.15) is 0 Å². The molecule has 0 unspecified atom stereocenters. The highest BCUT2D eigenvalue weighted by atomic mass is 35.5. The second-order valence-electron chi connectivity index (χ2n) is 6.12. The molecule has 0 spiro atoms. The highest BCUT2D eigenvalue weighted by Gasteiger charge is 2.33. The van der Waals surface area contributed by atoms with Crippen molar-refractivity contribution in [1.29, 1.82) is 0 Å². The third-order valence-corrected chi connectivity index (χ3v) is 4.56. The first-order chi connectivity index (χ1) is 11.1. The summed E-state index contributed by atoms with van der Waals surface area (Å²) in [5.74, 6) is 0.528. The molecular weight excluding hydrogens is 308 g/mol. The van der Waals surface area contributed by atoms with Gasteiger partial charge in [0.15, 0.2) is 0 Å². The number of hydrogen-bond donors (Lipinski definition) is 2. The van der Waals surface area contributed by atoms with E-state index in [4.69, 9.17) is 11.6 Å². The van der Waals surface area contributed by atoms with Gasteiger partial charge in [-0.2, -0.15) is 0 Å². The van der Waals surface area contributed by atoms with E-state index in [2.05, 4.69) is 23.6 Å². The van der Waals surface area contributed by atoms with E-state index in [1.807, 2.05) is 42.5 Å². The van der Waals surface area contributed by atoms with Crippen LogP contribution in [0.2, 0.25) is 5.02 Å². The molecule has 1 atom stereocenters. The molecule has 0 saturated heterocycles. The van der Waals surface area contributed by atoms with Gasteiger partial charge >= 0.3 is 6.03 Å². The minimum absolute atomic E-state index is 0.0594. The smallest absolute Gasteiger partial charge is 0.315 e. The Morgan fingerprint density at radius 2 is 1.87 bits per heavy atom. The zero-order valence-corrected chi connectivity index (χ0v) is 13.9. The van der Waals surface area contributed by atoms with Crippen molar-refractivity contribution in [2.75, 3.05) is 0 Å². The second kappa shape index (κ2) is 7.05. The number of aryl methyl sites for hydroxylation is 1. The molecule has 23 heavy (non-hydrogen) atoms. The number of hydrogen-bond acceptors (Lipinski definition) is 1. The fourth-order valence-corrected chi connectivity index (χ4v) is 2.88.